The molecule has 0 unspecified atom stereocenters. The Kier molecular flexibility index (Phi) is 3.34. The summed E-state index contributed by atoms with van der Waals surface area (Å²) in [5, 5.41) is 1.78. The molecule has 1 heterocycles. The van der Waals surface area contributed by atoms with Crippen molar-refractivity contribution < 1.29 is 4.42 Å². The van der Waals surface area contributed by atoms with E-state index in [4.69, 9.17) is 27.6 Å². The van der Waals surface area contributed by atoms with Crippen LogP contribution in [0.2, 0.25) is 10.0 Å². The van der Waals surface area contributed by atoms with E-state index in [1.807, 2.05) is 6.07 Å². The summed E-state index contributed by atoms with van der Waals surface area (Å²) in [4.78, 5) is 4.07. The van der Waals surface area contributed by atoms with E-state index >= 15 is 0 Å². The molecule has 0 radical (unpaired) electrons. The Hall–Kier alpha value is -0.510. The molecule has 0 aliphatic carbocycles. The molecule has 1 aromatic heterocycles. The number of halogens is 3. The number of aromatic nitrogens is 1. The molecule has 0 aliphatic heterocycles. The van der Waals surface area contributed by atoms with Crippen molar-refractivity contribution in [3.8, 4) is 11.3 Å². The van der Waals surface area contributed by atoms with E-state index in [1.54, 1.807) is 12.1 Å². The standard InChI is InChI=1S/C10H6BrCl2NO/c11-4-9-10(15-5-14-9)7-2-1-6(12)3-8(7)13/h1-3,5H,4H2. The van der Waals surface area contributed by atoms with E-state index in [-0.39, 0.29) is 0 Å². The molecule has 0 spiro atoms. The van der Waals surface area contributed by atoms with Crippen LogP contribution in [0, 0.1) is 0 Å². The van der Waals surface area contributed by atoms with Crippen molar-refractivity contribution in [1.82, 2.24) is 4.98 Å². The highest BCUT2D eigenvalue weighted by Gasteiger charge is 2.12. The molecule has 0 aliphatic rings. The lowest BCUT2D eigenvalue weighted by Gasteiger charge is -2.02. The van der Waals surface area contributed by atoms with Gasteiger partial charge < -0.3 is 4.42 Å². The Morgan fingerprint density at radius 1 is 1.33 bits per heavy atom. The van der Waals surface area contributed by atoms with Crippen molar-refractivity contribution in [3.63, 3.8) is 0 Å². The summed E-state index contributed by atoms with van der Waals surface area (Å²) in [6.45, 7) is 0. The average Bonchev–Trinajstić information content (AvgIpc) is 2.65. The molecule has 1 aromatic carbocycles. The normalized spacial score (nSPS) is 10.6. The number of benzene rings is 1. The molecule has 78 valence electrons. The van der Waals surface area contributed by atoms with Crippen molar-refractivity contribution in [1.29, 1.82) is 0 Å². The van der Waals surface area contributed by atoms with Crippen LogP contribution in [0.3, 0.4) is 0 Å². The van der Waals surface area contributed by atoms with E-state index in [0.29, 0.717) is 21.1 Å². The first-order valence-electron chi connectivity index (χ1n) is 4.16. The van der Waals surface area contributed by atoms with Gasteiger partial charge in [0.1, 0.15) is 0 Å². The monoisotopic (exact) mass is 305 g/mol. The van der Waals surface area contributed by atoms with Gasteiger partial charge in [0.05, 0.1) is 10.7 Å². The van der Waals surface area contributed by atoms with Crippen LogP contribution in [0.5, 0.6) is 0 Å². The lowest BCUT2D eigenvalue weighted by molar-refractivity contribution is 0.571. The van der Waals surface area contributed by atoms with Crippen molar-refractivity contribution in [3.05, 3.63) is 40.3 Å². The van der Waals surface area contributed by atoms with Crippen LogP contribution >= 0.6 is 39.1 Å². The SMILES string of the molecule is Clc1ccc(-c2ocnc2CBr)c(Cl)c1. The van der Waals surface area contributed by atoms with Gasteiger partial charge in [-0.25, -0.2) is 4.98 Å². The second kappa shape index (κ2) is 4.56. The number of hydrogen-bond acceptors (Lipinski definition) is 2. The van der Waals surface area contributed by atoms with Crippen molar-refractivity contribution in [2.45, 2.75) is 5.33 Å². The second-order valence-electron chi connectivity index (χ2n) is 2.89. The van der Waals surface area contributed by atoms with Crippen molar-refractivity contribution >= 4 is 39.1 Å². The summed E-state index contributed by atoms with van der Waals surface area (Å²) in [7, 11) is 0. The van der Waals surface area contributed by atoms with E-state index in [1.165, 1.54) is 6.39 Å². The maximum Gasteiger partial charge on any atom is 0.181 e. The molecule has 2 aromatic rings. The van der Waals surface area contributed by atoms with E-state index in [0.717, 1.165) is 11.3 Å². The van der Waals surface area contributed by atoms with Gasteiger partial charge >= 0.3 is 0 Å². The van der Waals surface area contributed by atoms with Gasteiger partial charge in [-0.15, -0.1) is 0 Å². The number of rotatable bonds is 2. The van der Waals surface area contributed by atoms with E-state index in [2.05, 4.69) is 20.9 Å². The molecule has 0 atom stereocenters. The first-order chi connectivity index (χ1) is 7.22. The molecular formula is C10H6BrCl2NO. The van der Waals surface area contributed by atoms with Gasteiger partial charge in [-0.3, -0.25) is 0 Å². The minimum absolute atomic E-state index is 0.557. The maximum absolute atomic E-state index is 6.06. The van der Waals surface area contributed by atoms with Gasteiger partial charge in [-0.05, 0) is 18.2 Å². The van der Waals surface area contributed by atoms with Crippen molar-refractivity contribution in [2.75, 3.05) is 0 Å². The highest BCUT2D eigenvalue weighted by molar-refractivity contribution is 9.08. The molecule has 2 nitrogen and oxygen atoms in total. The first-order valence-corrected chi connectivity index (χ1v) is 6.04. The third-order valence-corrected chi connectivity index (χ3v) is 3.02. The van der Waals surface area contributed by atoms with Gasteiger partial charge in [0, 0.05) is 15.9 Å². The number of hydrogen-bond donors (Lipinski definition) is 0. The second-order valence-corrected chi connectivity index (χ2v) is 4.29. The van der Waals surface area contributed by atoms with Gasteiger partial charge in [-0.1, -0.05) is 39.1 Å². The van der Waals surface area contributed by atoms with Crippen LogP contribution in [0.4, 0.5) is 0 Å². The maximum atomic E-state index is 6.06. The lowest BCUT2D eigenvalue weighted by atomic mass is 10.1. The van der Waals surface area contributed by atoms with Gasteiger partial charge in [0.2, 0.25) is 0 Å². The Balaban J connectivity index is 2.54. The van der Waals surface area contributed by atoms with Crippen LogP contribution < -0.4 is 0 Å². The van der Waals surface area contributed by atoms with Crippen LogP contribution in [-0.4, -0.2) is 4.98 Å². The molecule has 15 heavy (non-hydrogen) atoms. The summed E-state index contributed by atoms with van der Waals surface area (Å²) in [5.41, 5.74) is 1.62. The molecule has 0 N–H and O–H groups in total. The number of oxazole rings is 1. The van der Waals surface area contributed by atoms with Gasteiger partial charge in [0.25, 0.3) is 0 Å². The fourth-order valence-corrected chi connectivity index (χ4v) is 2.15. The van der Waals surface area contributed by atoms with Crippen LogP contribution in [0.25, 0.3) is 11.3 Å². The molecular weight excluding hydrogens is 301 g/mol. The zero-order valence-electron chi connectivity index (χ0n) is 7.51. The minimum Gasteiger partial charge on any atom is -0.443 e. The zero-order chi connectivity index (χ0) is 10.8. The van der Waals surface area contributed by atoms with E-state index < -0.39 is 0 Å². The Morgan fingerprint density at radius 2 is 2.13 bits per heavy atom. The predicted molar refractivity (Wildman–Crippen MR) is 64.6 cm³/mol. The number of alkyl halides is 1. The van der Waals surface area contributed by atoms with Crippen LogP contribution in [0.15, 0.2) is 29.0 Å². The van der Waals surface area contributed by atoms with Crippen LogP contribution in [-0.2, 0) is 5.33 Å². The molecule has 0 amide bonds. The summed E-state index contributed by atoms with van der Waals surface area (Å²) in [5.74, 6) is 0.675. The minimum atomic E-state index is 0.557. The molecule has 0 fully saturated rings. The quantitative estimate of drug-likeness (QED) is 0.761. The molecule has 0 bridgehead atoms. The lowest BCUT2D eigenvalue weighted by Crippen LogP contribution is -1.83. The Bertz CT molecular complexity index is 484. The third-order valence-electron chi connectivity index (χ3n) is 1.94. The zero-order valence-corrected chi connectivity index (χ0v) is 10.6. The van der Waals surface area contributed by atoms with E-state index in [9.17, 15) is 0 Å². The molecule has 0 saturated heterocycles. The number of nitrogens with zero attached hydrogens (tertiary/aromatic N) is 1. The fraction of sp³-hybridized carbons (Fsp3) is 0.100. The smallest absolute Gasteiger partial charge is 0.181 e. The molecule has 2 rings (SSSR count). The summed E-state index contributed by atoms with van der Waals surface area (Å²) >= 11 is 15.2. The van der Waals surface area contributed by atoms with Gasteiger partial charge in [-0.2, -0.15) is 0 Å². The first kappa shape index (κ1) is 11.0. The third kappa shape index (κ3) is 2.19. The largest absolute Gasteiger partial charge is 0.443 e. The molecule has 0 saturated carbocycles. The summed E-state index contributed by atoms with van der Waals surface area (Å²) in [6, 6.07) is 5.26. The van der Waals surface area contributed by atoms with Gasteiger partial charge in [0.15, 0.2) is 12.2 Å². The fourth-order valence-electron chi connectivity index (χ4n) is 1.26. The van der Waals surface area contributed by atoms with Crippen LogP contribution in [0.1, 0.15) is 5.69 Å². The topological polar surface area (TPSA) is 26.0 Å². The Labute approximate surface area is 105 Å². The summed E-state index contributed by atoms with van der Waals surface area (Å²) in [6.07, 6.45) is 1.40. The highest BCUT2D eigenvalue weighted by Crippen LogP contribution is 2.32. The Morgan fingerprint density at radius 3 is 2.80 bits per heavy atom. The highest BCUT2D eigenvalue weighted by atomic mass is 79.9. The van der Waals surface area contributed by atoms with Crippen molar-refractivity contribution in [2.24, 2.45) is 0 Å². The molecule has 5 heteroatoms. The summed E-state index contributed by atoms with van der Waals surface area (Å²) < 4.78 is 5.29. The predicted octanol–water partition coefficient (Wildman–Crippen LogP) is 4.54. The average molecular weight is 307 g/mol.